The van der Waals surface area contributed by atoms with E-state index in [9.17, 15) is 18.0 Å². The number of rotatable bonds is 12. The van der Waals surface area contributed by atoms with Gasteiger partial charge in [0, 0.05) is 13.1 Å². The average molecular weight is 536 g/mol. The van der Waals surface area contributed by atoms with Crippen molar-refractivity contribution in [2.75, 3.05) is 23.9 Å². The van der Waals surface area contributed by atoms with E-state index >= 15 is 0 Å². The summed E-state index contributed by atoms with van der Waals surface area (Å²) in [5, 5.41) is 2.82. The van der Waals surface area contributed by atoms with Gasteiger partial charge in [-0.05, 0) is 74.6 Å². The highest BCUT2D eigenvalue weighted by atomic mass is 32.2. The van der Waals surface area contributed by atoms with Gasteiger partial charge < -0.3 is 10.2 Å². The lowest BCUT2D eigenvalue weighted by atomic mass is 10.1. The minimum atomic E-state index is -4.06. The van der Waals surface area contributed by atoms with E-state index < -0.39 is 28.5 Å². The lowest BCUT2D eigenvalue weighted by molar-refractivity contribution is -0.139. The van der Waals surface area contributed by atoms with E-state index in [1.54, 1.807) is 30.3 Å². The third-order valence-electron chi connectivity index (χ3n) is 6.61. The van der Waals surface area contributed by atoms with Crippen LogP contribution in [-0.4, -0.2) is 50.8 Å². The van der Waals surface area contributed by atoms with Crippen LogP contribution in [-0.2, 0) is 26.0 Å². The van der Waals surface area contributed by atoms with Gasteiger partial charge in [0.1, 0.15) is 12.6 Å². The van der Waals surface area contributed by atoms with E-state index in [0.29, 0.717) is 25.1 Å². The molecule has 7 nitrogen and oxygen atoms in total. The quantitative estimate of drug-likeness (QED) is 0.370. The maximum Gasteiger partial charge on any atom is 0.264 e. The molecule has 2 amide bonds. The first-order chi connectivity index (χ1) is 18.2. The van der Waals surface area contributed by atoms with Crippen LogP contribution in [0.15, 0.2) is 83.8 Å². The topological polar surface area (TPSA) is 86.8 Å². The molecule has 0 saturated carbocycles. The molecule has 0 heterocycles. The van der Waals surface area contributed by atoms with Crippen LogP contribution in [0.1, 0.15) is 37.0 Å². The molecule has 0 aliphatic heterocycles. The highest BCUT2D eigenvalue weighted by molar-refractivity contribution is 7.92. The van der Waals surface area contributed by atoms with Gasteiger partial charge in [0.25, 0.3) is 10.0 Å². The van der Waals surface area contributed by atoms with Crippen molar-refractivity contribution in [3.63, 3.8) is 0 Å². The Bertz CT molecular complexity index is 1330. The highest BCUT2D eigenvalue weighted by Crippen LogP contribution is 2.26. The predicted octanol–water partition coefficient (Wildman–Crippen LogP) is 4.48. The molecule has 3 aromatic rings. The Morgan fingerprint density at radius 3 is 2.08 bits per heavy atom. The zero-order chi connectivity index (χ0) is 27.7. The van der Waals surface area contributed by atoms with Gasteiger partial charge in [-0.15, -0.1) is 0 Å². The van der Waals surface area contributed by atoms with Crippen molar-refractivity contribution in [3.8, 4) is 0 Å². The summed E-state index contributed by atoms with van der Waals surface area (Å²) in [4.78, 5) is 28.5. The third kappa shape index (κ3) is 7.01. The molecule has 3 rings (SSSR count). The van der Waals surface area contributed by atoms with Crippen molar-refractivity contribution >= 4 is 27.5 Å². The zero-order valence-electron chi connectivity index (χ0n) is 22.6. The largest absolute Gasteiger partial charge is 0.355 e. The van der Waals surface area contributed by atoms with Crippen LogP contribution in [0, 0.1) is 13.8 Å². The van der Waals surface area contributed by atoms with Crippen molar-refractivity contribution in [3.05, 3.63) is 95.6 Å². The van der Waals surface area contributed by atoms with Gasteiger partial charge in [-0.2, -0.15) is 0 Å². The molecule has 0 bridgehead atoms. The van der Waals surface area contributed by atoms with Gasteiger partial charge in [-0.3, -0.25) is 13.9 Å². The average Bonchev–Trinajstić information content (AvgIpc) is 2.92. The third-order valence-corrected chi connectivity index (χ3v) is 8.40. The molecule has 0 spiro atoms. The van der Waals surface area contributed by atoms with Crippen LogP contribution < -0.4 is 9.62 Å². The fourth-order valence-electron chi connectivity index (χ4n) is 4.32. The Morgan fingerprint density at radius 2 is 1.50 bits per heavy atom. The second-order valence-electron chi connectivity index (χ2n) is 9.23. The van der Waals surface area contributed by atoms with Gasteiger partial charge >= 0.3 is 0 Å². The summed E-state index contributed by atoms with van der Waals surface area (Å²) in [5.74, 6) is -0.683. The second-order valence-corrected chi connectivity index (χ2v) is 11.1. The van der Waals surface area contributed by atoms with Gasteiger partial charge in [0.15, 0.2) is 0 Å². The first-order valence-electron chi connectivity index (χ1n) is 12.9. The van der Waals surface area contributed by atoms with Crippen LogP contribution >= 0.6 is 0 Å². The molecule has 3 aromatic carbocycles. The van der Waals surface area contributed by atoms with Crippen molar-refractivity contribution in [2.24, 2.45) is 0 Å². The van der Waals surface area contributed by atoms with Crippen molar-refractivity contribution in [2.45, 2.75) is 51.5 Å². The van der Waals surface area contributed by atoms with Gasteiger partial charge in [0.2, 0.25) is 11.8 Å². The smallest absolute Gasteiger partial charge is 0.264 e. The molecule has 0 fully saturated rings. The summed E-state index contributed by atoms with van der Waals surface area (Å²) >= 11 is 0. The highest BCUT2D eigenvalue weighted by Gasteiger charge is 2.33. The molecule has 0 radical (unpaired) electrons. The molecule has 1 N–H and O–H groups in total. The van der Waals surface area contributed by atoms with Crippen LogP contribution in [0.5, 0.6) is 0 Å². The lowest BCUT2D eigenvalue weighted by Crippen LogP contribution is -2.53. The van der Waals surface area contributed by atoms with Crippen LogP contribution in [0.4, 0.5) is 5.69 Å². The molecule has 1 atom stereocenters. The number of hydrogen-bond acceptors (Lipinski definition) is 4. The summed E-state index contributed by atoms with van der Waals surface area (Å²) in [6.45, 7) is 7.83. The standard InChI is InChI=1S/C30H37N3O4S/c1-5-28(30(35)31-6-2)32(20-19-25-13-9-7-10-14-25)29(34)22-33(26-18-17-23(3)24(4)21-26)38(36,37)27-15-11-8-12-16-27/h7-18,21,28H,5-6,19-20,22H2,1-4H3,(H,31,35). The minimum absolute atomic E-state index is 0.0950. The SMILES string of the molecule is CCNC(=O)C(CC)N(CCc1ccccc1)C(=O)CN(c1ccc(C)c(C)c1)S(=O)(=O)c1ccccc1. The Morgan fingerprint density at radius 1 is 0.868 bits per heavy atom. The first kappa shape index (κ1) is 28.9. The van der Waals surface area contributed by atoms with Crippen molar-refractivity contribution < 1.29 is 18.0 Å². The summed E-state index contributed by atoms with van der Waals surface area (Å²) < 4.78 is 28.8. The van der Waals surface area contributed by atoms with Crippen LogP contribution in [0.25, 0.3) is 0 Å². The summed E-state index contributed by atoms with van der Waals surface area (Å²) in [7, 11) is -4.06. The number of amides is 2. The molecule has 202 valence electrons. The Balaban J connectivity index is 2.01. The number of nitrogens with one attached hydrogen (secondary N) is 1. The number of benzene rings is 3. The number of sulfonamides is 1. The number of nitrogens with zero attached hydrogens (tertiary/aromatic N) is 2. The molecule has 8 heteroatoms. The fourth-order valence-corrected chi connectivity index (χ4v) is 5.74. The Kier molecular flexibility index (Phi) is 10.1. The van der Waals surface area contributed by atoms with E-state index in [2.05, 4.69) is 5.32 Å². The number of anilines is 1. The number of carbonyl (C=O) groups is 2. The maximum absolute atomic E-state index is 13.9. The van der Waals surface area contributed by atoms with Gasteiger partial charge in [-0.25, -0.2) is 8.42 Å². The van der Waals surface area contributed by atoms with Gasteiger partial charge in [0.05, 0.1) is 10.6 Å². The zero-order valence-corrected chi connectivity index (χ0v) is 23.4. The number of aryl methyl sites for hydroxylation is 2. The summed E-state index contributed by atoms with van der Waals surface area (Å²) in [5.41, 5.74) is 3.36. The number of hydrogen-bond donors (Lipinski definition) is 1. The van der Waals surface area contributed by atoms with E-state index in [-0.39, 0.29) is 17.3 Å². The lowest BCUT2D eigenvalue weighted by Gasteiger charge is -2.33. The molecular formula is C30H37N3O4S. The fraction of sp³-hybridized carbons (Fsp3) is 0.333. The molecule has 0 aliphatic rings. The minimum Gasteiger partial charge on any atom is -0.355 e. The predicted molar refractivity (Wildman–Crippen MR) is 152 cm³/mol. The van der Waals surface area contributed by atoms with Crippen molar-refractivity contribution in [1.82, 2.24) is 10.2 Å². The number of likely N-dealkylation sites (N-methyl/N-ethyl adjacent to an activating group) is 1. The second kappa shape index (κ2) is 13.2. The molecular weight excluding hydrogens is 498 g/mol. The Labute approximate surface area is 226 Å². The summed E-state index contributed by atoms with van der Waals surface area (Å²) in [6, 6.07) is 22.4. The summed E-state index contributed by atoms with van der Waals surface area (Å²) in [6.07, 6.45) is 0.943. The van der Waals surface area contributed by atoms with Crippen LogP contribution in [0.3, 0.4) is 0 Å². The maximum atomic E-state index is 13.9. The monoisotopic (exact) mass is 535 g/mol. The van der Waals surface area contributed by atoms with E-state index in [4.69, 9.17) is 0 Å². The van der Waals surface area contributed by atoms with Crippen LogP contribution in [0.2, 0.25) is 0 Å². The molecule has 0 saturated heterocycles. The van der Waals surface area contributed by atoms with Crippen molar-refractivity contribution in [1.29, 1.82) is 0 Å². The Hall–Kier alpha value is -3.65. The van der Waals surface area contributed by atoms with Gasteiger partial charge in [-0.1, -0.05) is 61.5 Å². The normalized spacial score (nSPS) is 12.0. The van der Waals surface area contributed by atoms with E-state index in [1.807, 2.05) is 64.1 Å². The molecule has 38 heavy (non-hydrogen) atoms. The first-order valence-corrected chi connectivity index (χ1v) is 14.4. The number of carbonyl (C=O) groups excluding carboxylic acids is 2. The molecule has 0 aliphatic carbocycles. The van der Waals surface area contributed by atoms with E-state index in [1.165, 1.54) is 17.0 Å². The molecule has 0 aromatic heterocycles. The molecule has 1 unspecified atom stereocenters. The van der Waals surface area contributed by atoms with E-state index in [0.717, 1.165) is 21.0 Å².